The standard InChI is InChI=1S/C7H11F4N/c8-5(7(9,10)11)6(1-2-6)3-4-12/h5H,1-4,12H2. The monoisotopic (exact) mass is 185 g/mol. The number of rotatable bonds is 3. The van der Waals surface area contributed by atoms with Crippen LogP contribution in [0.3, 0.4) is 0 Å². The van der Waals surface area contributed by atoms with Crippen LogP contribution in [-0.2, 0) is 0 Å². The molecule has 72 valence electrons. The Kier molecular flexibility index (Phi) is 2.33. The van der Waals surface area contributed by atoms with Gasteiger partial charge in [-0.2, -0.15) is 13.2 Å². The van der Waals surface area contributed by atoms with Crippen LogP contribution in [0.25, 0.3) is 0 Å². The fourth-order valence-corrected chi connectivity index (χ4v) is 1.43. The van der Waals surface area contributed by atoms with E-state index in [1.165, 1.54) is 0 Å². The molecule has 1 aliphatic rings. The molecule has 0 aromatic rings. The molecule has 0 bridgehead atoms. The molecule has 0 amide bonds. The normalized spacial score (nSPS) is 23.8. The van der Waals surface area contributed by atoms with E-state index in [0.717, 1.165) is 0 Å². The van der Waals surface area contributed by atoms with Crippen molar-refractivity contribution in [3.8, 4) is 0 Å². The summed E-state index contributed by atoms with van der Waals surface area (Å²) in [5.41, 5.74) is 3.93. The molecular weight excluding hydrogens is 174 g/mol. The van der Waals surface area contributed by atoms with Crippen LogP contribution < -0.4 is 5.73 Å². The zero-order valence-electron chi connectivity index (χ0n) is 6.49. The highest BCUT2D eigenvalue weighted by atomic mass is 19.4. The Morgan fingerprint density at radius 3 is 2.08 bits per heavy atom. The Labute approximate surface area is 67.9 Å². The lowest BCUT2D eigenvalue weighted by atomic mass is 9.96. The van der Waals surface area contributed by atoms with Gasteiger partial charge in [0.05, 0.1) is 0 Å². The molecule has 0 aromatic heterocycles. The van der Waals surface area contributed by atoms with E-state index in [0.29, 0.717) is 12.8 Å². The predicted octanol–water partition coefficient (Wildman–Crippen LogP) is 2.02. The van der Waals surface area contributed by atoms with Gasteiger partial charge in [0, 0.05) is 5.41 Å². The maximum absolute atomic E-state index is 12.8. The molecule has 0 radical (unpaired) electrons. The summed E-state index contributed by atoms with van der Waals surface area (Å²) in [7, 11) is 0. The summed E-state index contributed by atoms with van der Waals surface area (Å²) in [6.45, 7) is 0.122. The van der Waals surface area contributed by atoms with E-state index in [1.807, 2.05) is 0 Å². The third-order valence-electron chi connectivity index (χ3n) is 2.36. The van der Waals surface area contributed by atoms with Crippen molar-refractivity contribution in [1.82, 2.24) is 0 Å². The van der Waals surface area contributed by atoms with Crippen LogP contribution in [0.4, 0.5) is 17.6 Å². The summed E-state index contributed by atoms with van der Waals surface area (Å²) >= 11 is 0. The molecule has 5 heteroatoms. The minimum Gasteiger partial charge on any atom is -0.330 e. The molecule has 2 N–H and O–H groups in total. The van der Waals surface area contributed by atoms with Crippen LogP contribution in [0.15, 0.2) is 0 Å². The van der Waals surface area contributed by atoms with Crippen LogP contribution >= 0.6 is 0 Å². The lowest BCUT2D eigenvalue weighted by Crippen LogP contribution is -2.34. The van der Waals surface area contributed by atoms with Gasteiger partial charge < -0.3 is 5.73 Å². The maximum atomic E-state index is 12.8. The van der Waals surface area contributed by atoms with Gasteiger partial charge in [-0.25, -0.2) is 4.39 Å². The molecule has 1 nitrogen and oxygen atoms in total. The second kappa shape index (κ2) is 2.87. The third kappa shape index (κ3) is 1.71. The number of nitrogens with two attached hydrogens (primary N) is 1. The predicted molar refractivity (Wildman–Crippen MR) is 36.3 cm³/mol. The summed E-state index contributed by atoms with van der Waals surface area (Å²) in [6, 6.07) is 0. The molecule has 1 atom stereocenters. The smallest absolute Gasteiger partial charge is 0.330 e. The first-order valence-electron chi connectivity index (χ1n) is 3.83. The Morgan fingerprint density at radius 1 is 1.33 bits per heavy atom. The average Bonchev–Trinajstić information content (AvgIpc) is 2.67. The van der Waals surface area contributed by atoms with Gasteiger partial charge in [0.2, 0.25) is 6.17 Å². The number of hydrogen-bond donors (Lipinski definition) is 1. The Morgan fingerprint density at radius 2 is 1.83 bits per heavy atom. The van der Waals surface area contributed by atoms with Crippen molar-refractivity contribution >= 4 is 0 Å². The molecule has 1 unspecified atom stereocenters. The summed E-state index contributed by atoms with van der Waals surface area (Å²) in [4.78, 5) is 0. The van der Waals surface area contributed by atoms with Crippen molar-refractivity contribution in [3.63, 3.8) is 0 Å². The number of halogens is 4. The van der Waals surface area contributed by atoms with Crippen molar-refractivity contribution in [2.24, 2.45) is 11.1 Å². The fraction of sp³-hybridized carbons (Fsp3) is 1.00. The van der Waals surface area contributed by atoms with Gasteiger partial charge in [-0.3, -0.25) is 0 Å². The third-order valence-corrected chi connectivity index (χ3v) is 2.36. The van der Waals surface area contributed by atoms with Gasteiger partial charge in [0.15, 0.2) is 0 Å². The SMILES string of the molecule is NCCC1(C(F)C(F)(F)F)CC1. The first-order valence-corrected chi connectivity index (χ1v) is 3.83. The largest absolute Gasteiger partial charge is 0.420 e. The summed E-state index contributed by atoms with van der Waals surface area (Å²) in [6.07, 6.45) is -6.65. The first-order chi connectivity index (χ1) is 5.42. The highest BCUT2D eigenvalue weighted by Gasteiger charge is 2.60. The van der Waals surface area contributed by atoms with E-state index in [-0.39, 0.29) is 13.0 Å². The maximum Gasteiger partial charge on any atom is 0.420 e. The van der Waals surface area contributed by atoms with Gasteiger partial charge in [-0.05, 0) is 25.8 Å². The molecule has 1 aliphatic carbocycles. The number of hydrogen-bond acceptors (Lipinski definition) is 1. The van der Waals surface area contributed by atoms with Gasteiger partial charge in [0.1, 0.15) is 0 Å². The summed E-state index contributed by atoms with van der Waals surface area (Å²) in [5.74, 6) is 0. The molecule has 0 saturated heterocycles. The molecular formula is C7H11F4N. The molecule has 12 heavy (non-hydrogen) atoms. The Balaban J connectivity index is 2.57. The fourth-order valence-electron chi connectivity index (χ4n) is 1.43. The van der Waals surface area contributed by atoms with E-state index < -0.39 is 17.8 Å². The van der Waals surface area contributed by atoms with Gasteiger partial charge in [-0.1, -0.05) is 0 Å². The molecule has 1 rings (SSSR count). The number of alkyl halides is 4. The van der Waals surface area contributed by atoms with Crippen LogP contribution in [-0.4, -0.2) is 18.9 Å². The molecule has 1 saturated carbocycles. The van der Waals surface area contributed by atoms with Gasteiger partial charge in [0.25, 0.3) is 0 Å². The minimum atomic E-state index is -4.72. The zero-order valence-corrected chi connectivity index (χ0v) is 6.49. The minimum absolute atomic E-state index is 0.122. The molecule has 1 fully saturated rings. The van der Waals surface area contributed by atoms with Crippen molar-refractivity contribution in [2.75, 3.05) is 6.54 Å². The first kappa shape index (κ1) is 9.77. The van der Waals surface area contributed by atoms with Crippen molar-refractivity contribution in [1.29, 1.82) is 0 Å². The second-order valence-electron chi connectivity index (χ2n) is 3.31. The molecule has 0 spiro atoms. The summed E-state index contributed by atoms with van der Waals surface area (Å²) in [5, 5.41) is 0. The van der Waals surface area contributed by atoms with E-state index in [2.05, 4.69) is 0 Å². The Hall–Kier alpha value is -0.320. The molecule has 0 aliphatic heterocycles. The Bertz CT molecular complexity index is 161. The van der Waals surface area contributed by atoms with Crippen LogP contribution in [0.5, 0.6) is 0 Å². The van der Waals surface area contributed by atoms with Gasteiger partial charge >= 0.3 is 6.18 Å². The van der Waals surface area contributed by atoms with Crippen LogP contribution in [0.2, 0.25) is 0 Å². The van der Waals surface area contributed by atoms with Gasteiger partial charge in [-0.15, -0.1) is 0 Å². The van der Waals surface area contributed by atoms with E-state index in [4.69, 9.17) is 5.73 Å². The molecule has 0 heterocycles. The quantitative estimate of drug-likeness (QED) is 0.669. The van der Waals surface area contributed by atoms with E-state index >= 15 is 0 Å². The summed E-state index contributed by atoms with van der Waals surface area (Å²) < 4.78 is 48.4. The topological polar surface area (TPSA) is 26.0 Å². The van der Waals surface area contributed by atoms with Crippen molar-refractivity contribution in [3.05, 3.63) is 0 Å². The lowest BCUT2D eigenvalue weighted by Gasteiger charge is -2.21. The van der Waals surface area contributed by atoms with Crippen LogP contribution in [0, 0.1) is 5.41 Å². The van der Waals surface area contributed by atoms with E-state index in [9.17, 15) is 17.6 Å². The highest BCUT2D eigenvalue weighted by Crippen LogP contribution is 2.56. The van der Waals surface area contributed by atoms with E-state index in [1.54, 1.807) is 0 Å². The van der Waals surface area contributed by atoms with Crippen LogP contribution in [0.1, 0.15) is 19.3 Å². The van der Waals surface area contributed by atoms with Crippen molar-refractivity contribution < 1.29 is 17.6 Å². The second-order valence-corrected chi connectivity index (χ2v) is 3.31. The average molecular weight is 185 g/mol. The molecule has 0 aromatic carbocycles. The zero-order chi connectivity index (χ0) is 9.41. The highest BCUT2D eigenvalue weighted by molar-refractivity contribution is 5.01. The van der Waals surface area contributed by atoms with Crippen molar-refractivity contribution in [2.45, 2.75) is 31.6 Å². The lowest BCUT2D eigenvalue weighted by molar-refractivity contribution is -0.199.